The van der Waals surface area contributed by atoms with Crippen LogP contribution in [0.25, 0.3) is 5.69 Å². The molecule has 1 heterocycles. The van der Waals surface area contributed by atoms with Crippen LogP contribution in [0, 0.1) is 13.8 Å². The number of aryl methyl sites for hydroxylation is 2. The van der Waals surface area contributed by atoms with Gasteiger partial charge in [-0.15, -0.1) is 5.10 Å². The van der Waals surface area contributed by atoms with Gasteiger partial charge in [0.05, 0.1) is 11.4 Å². The van der Waals surface area contributed by atoms with Gasteiger partial charge in [-0.3, -0.25) is 0 Å². The molecule has 0 fully saturated rings. The quantitative estimate of drug-likeness (QED) is 0.914. The molecule has 2 rings (SSSR count). The Morgan fingerprint density at radius 2 is 1.95 bits per heavy atom. The molecule has 1 aromatic carbocycles. The second-order valence-corrected chi connectivity index (χ2v) is 5.34. The zero-order chi connectivity index (χ0) is 15.6. The van der Waals surface area contributed by atoms with Crippen molar-refractivity contribution in [3.05, 3.63) is 40.7 Å². The molecule has 0 saturated heterocycles. The SMILES string of the molecule is CCC(CC)c1c(C(=O)O)nnn1-c1cc(C)ccc1C. The summed E-state index contributed by atoms with van der Waals surface area (Å²) in [5, 5.41) is 17.4. The molecule has 0 amide bonds. The lowest BCUT2D eigenvalue weighted by atomic mass is 9.97. The number of hydrogen-bond donors (Lipinski definition) is 1. The molecule has 0 bridgehead atoms. The molecule has 0 aliphatic heterocycles. The third-order valence-corrected chi connectivity index (χ3v) is 3.87. The number of nitrogens with zero attached hydrogens (tertiary/aromatic N) is 3. The molecule has 1 aromatic heterocycles. The molecular weight excluding hydrogens is 266 g/mol. The van der Waals surface area contributed by atoms with Crippen LogP contribution in [-0.4, -0.2) is 26.1 Å². The van der Waals surface area contributed by atoms with E-state index in [1.165, 1.54) is 0 Å². The van der Waals surface area contributed by atoms with Crippen molar-refractivity contribution in [2.75, 3.05) is 0 Å². The van der Waals surface area contributed by atoms with Crippen LogP contribution < -0.4 is 0 Å². The molecule has 2 aromatic rings. The van der Waals surface area contributed by atoms with Crippen LogP contribution in [0.15, 0.2) is 18.2 Å². The summed E-state index contributed by atoms with van der Waals surface area (Å²) in [6.45, 7) is 8.11. The van der Waals surface area contributed by atoms with E-state index in [9.17, 15) is 9.90 Å². The highest BCUT2D eigenvalue weighted by Gasteiger charge is 2.25. The molecule has 21 heavy (non-hydrogen) atoms. The van der Waals surface area contributed by atoms with Gasteiger partial charge in [0.2, 0.25) is 0 Å². The van der Waals surface area contributed by atoms with Crippen molar-refractivity contribution in [2.45, 2.75) is 46.5 Å². The zero-order valence-corrected chi connectivity index (χ0v) is 12.9. The van der Waals surface area contributed by atoms with E-state index in [1.807, 2.05) is 32.0 Å². The van der Waals surface area contributed by atoms with Crippen LogP contribution in [0.2, 0.25) is 0 Å². The Morgan fingerprint density at radius 3 is 2.52 bits per heavy atom. The average Bonchev–Trinajstić information content (AvgIpc) is 2.88. The first-order valence-corrected chi connectivity index (χ1v) is 7.26. The van der Waals surface area contributed by atoms with E-state index >= 15 is 0 Å². The number of hydrogen-bond acceptors (Lipinski definition) is 3. The van der Waals surface area contributed by atoms with Crippen molar-refractivity contribution in [3.8, 4) is 5.69 Å². The van der Waals surface area contributed by atoms with Gasteiger partial charge in [-0.2, -0.15) is 0 Å². The molecule has 1 N–H and O–H groups in total. The van der Waals surface area contributed by atoms with E-state index in [2.05, 4.69) is 24.2 Å². The van der Waals surface area contributed by atoms with Crippen molar-refractivity contribution in [1.29, 1.82) is 0 Å². The molecular formula is C16H21N3O2. The fourth-order valence-corrected chi connectivity index (χ4v) is 2.61. The van der Waals surface area contributed by atoms with Crippen molar-refractivity contribution < 1.29 is 9.90 Å². The van der Waals surface area contributed by atoms with Crippen molar-refractivity contribution >= 4 is 5.97 Å². The summed E-state index contributed by atoms with van der Waals surface area (Å²) < 4.78 is 1.70. The Balaban J connectivity index is 2.69. The van der Waals surface area contributed by atoms with Crippen LogP contribution in [-0.2, 0) is 0 Å². The summed E-state index contributed by atoms with van der Waals surface area (Å²) in [4.78, 5) is 11.4. The average molecular weight is 287 g/mol. The summed E-state index contributed by atoms with van der Waals surface area (Å²) in [6.07, 6.45) is 1.71. The number of aromatic carboxylic acids is 1. The van der Waals surface area contributed by atoms with E-state index in [1.54, 1.807) is 4.68 Å². The minimum absolute atomic E-state index is 0.0598. The van der Waals surface area contributed by atoms with Crippen LogP contribution in [0.1, 0.15) is 59.9 Å². The number of rotatable bonds is 5. The van der Waals surface area contributed by atoms with Gasteiger partial charge >= 0.3 is 5.97 Å². The fourth-order valence-electron chi connectivity index (χ4n) is 2.61. The summed E-state index contributed by atoms with van der Waals surface area (Å²) in [5.41, 5.74) is 3.82. The first-order valence-electron chi connectivity index (χ1n) is 7.26. The first kappa shape index (κ1) is 15.2. The highest BCUT2D eigenvalue weighted by molar-refractivity contribution is 5.86. The topological polar surface area (TPSA) is 68.0 Å². The number of carbonyl (C=O) groups is 1. The Morgan fingerprint density at radius 1 is 1.29 bits per heavy atom. The maximum Gasteiger partial charge on any atom is 0.358 e. The smallest absolute Gasteiger partial charge is 0.358 e. The minimum Gasteiger partial charge on any atom is -0.476 e. The van der Waals surface area contributed by atoms with E-state index in [-0.39, 0.29) is 11.6 Å². The van der Waals surface area contributed by atoms with Crippen LogP contribution in [0.3, 0.4) is 0 Å². The van der Waals surface area contributed by atoms with Crippen LogP contribution in [0.5, 0.6) is 0 Å². The van der Waals surface area contributed by atoms with Crippen molar-refractivity contribution in [1.82, 2.24) is 15.0 Å². The Bertz CT molecular complexity index is 658. The third kappa shape index (κ3) is 2.82. The second-order valence-electron chi connectivity index (χ2n) is 5.34. The molecule has 5 nitrogen and oxygen atoms in total. The summed E-state index contributed by atoms with van der Waals surface area (Å²) in [7, 11) is 0. The predicted octanol–water partition coefficient (Wildman–Crippen LogP) is 3.49. The number of carboxylic acid groups (broad SMARTS) is 1. The van der Waals surface area contributed by atoms with Crippen molar-refractivity contribution in [3.63, 3.8) is 0 Å². The van der Waals surface area contributed by atoms with Gasteiger partial charge in [-0.05, 0) is 43.9 Å². The number of aromatic nitrogens is 3. The summed E-state index contributed by atoms with van der Waals surface area (Å²) in [5.74, 6) is -0.889. The normalized spacial score (nSPS) is 11.1. The van der Waals surface area contributed by atoms with Gasteiger partial charge in [-0.25, -0.2) is 9.48 Å². The van der Waals surface area contributed by atoms with Crippen molar-refractivity contribution in [2.24, 2.45) is 0 Å². The monoisotopic (exact) mass is 287 g/mol. The van der Waals surface area contributed by atoms with E-state index in [4.69, 9.17) is 0 Å². The standard InChI is InChI=1S/C16H21N3O2/c1-5-12(6-2)15-14(16(20)21)17-18-19(15)13-9-10(3)7-8-11(13)4/h7-9,12H,5-6H2,1-4H3,(H,20,21). The molecule has 0 radical (unpaired) electrons. The molecule has 0 atom stereocenters. The Kier molecular flexibility index (Phi) is 4.40. The summed E-state index contributed by atoms with van der Waals surface area (Å²) in [6, 6.07) is 6.07. The lowest BCUT2D eigenvalue weighted by molar-refractivity contribution is 0.0688. The minimum atomic E-state index is -1.02. The molecule has 0 aliphatic rings. The van der Waals surface area contributed by atoms with Gasteiger partial charge in [-0.1, -0.05) is 31.2 Å². The maximum absolute atomic E-state index is 11.4. The highest BCUT2D eigenvalue weighted by atomic mass is 16.4. The lowest BCUT2D eigenvalue weighted by Gasteiger charge is -2.16. The zero-order valence-electron chi connectivity index (χ0n) is 12.9. The van der Waals surface area contributed by atoms with E-state index < -0.39 is 5.97 Å². The van der Waals surface area contributed by atoms with E-state index in [0.29, 0.717) is 5.69 Å². The largest absolute Gasteiger partial charge is 0.476 e. The summed E-state index contributed by atoms with van der Waals surface area (Å²) >= 11 is 0. The van der Waals surface area contributed by atoms with Gasteiger partial charge in [0.25, 0.3) is 0 Å². The first-order chi connectivity index (χ1) is 9.99. The van der Waals surface area contributed by atoms with Gasteiger partial charge in [0.1, 0.15) is 0 Å². The highest BCUT2D eigenvalue weighted by Crippen LogP contribution is 2.28. The van der Waals surface area contributed by atoms with Crippen LogP contribution in [0.4, 0.5) is 0 Å². The maximum atomic E-state index is 11.4. The fraction of sp³-hybridized carbons (Fsp3) is 0.438. The van der Waals surface area contributed by atoms with Gasteiger partial charge in [0, 0.05) is 5.92 Å². The van der Waals surface area contributed by atoms with E-state index in [0.717, 1.165) is 29.7 Å². The molecule has 112 valence electrons. The Labute approximate surface area is 124 Å². The molecule has 0 spiro atoms. The molecule has 5 heteroatoms. The lowest BCUT2D eigenvalue weighted by Crippen LogP contribution is -2.12. The van der Waals surface area contributed by atoms with Crippen LogP contribution >= 0.6 is 0 Å². The third-order valence-electron chi connectivity index (χ3n) is 3.87. The second kappa shape index (κ2) is 6.08. The molecule has 0 aliphatic carbocycles. The molecule has 0 unspecified atom stereocenters. The number of benzene rings is 1. The predicted molar refractivity (Wildman–Crippen MR) is 81.1 cm³/mol. The number of carboxylic acids is 1. The molecule has 0 saturated carbocycles. The van der Waals surface area contributed by atoms with Gasteiger partial charge in [0.15, 0.2) is 5.69 Å². The Hall–Kier alpha value is -2.17. The van der Waals surface area contributed by atoms with Gasteiger partial charge < -0.3 is 5.11 Å².